The molecule has 0 spiro atoms. The van der Waals surface area contributed by atoms with Gasteiger partial charge in [-0.1, -0.05) is 11.6 Å². The van der Waals surface area contributed by atoms with E-state index in [2.05, 4.69) is 0 Å². The van der Waals surface area contributed by atoms with Crippen molar-refractivity contribution in [2.75, 3.05) is 7.11 Å². The largest absolute Gasteiger partial charge is 0.496 e. The highest BCUT2D eigenvalue weighted by Gasteiger charge is 2.18. The summed E-state index contributed by atoms with van der Waals surface area (Å²) in [5, 5.41) is 0.556. The topological polar surface area (TPSA) is 52.3 Å². The van der Waals surface area contributed by atoms with Crippen molar-refractivity contribution in [2.24, 2.45) is 5.73 Å². The van der Waals surface area contributed by atoms with Crippen LogP contribution in [-0.2, 0) is 4.79 Å². The van der Waals surface area contributed by atoms with Crippen molar-refractivity contribution < 1.29 is 9.53 Å². The van der Waals surface area contributed by atoms with Crippen LogP contribution in [0.5, 0.6) is 5.75 Å². The summed E-state index contributed by atoms with van der Waals surface area (Å²) in [6, 6.07) is 2.76. The summed E-state index contributed by atoms with van der Waals surface area (Å²) in [5.41, 5.74) is 7.27. The Hall–Kier alpha value is -1.06. The van der Waals surface area contributed by atoms with Gasteiger partial charge in [0.1, 0.15) is 5.75 Å². The molecule has 82 valence electrons. The van der Waals surface area contributed by atoms with Crippen LogP contribution in [0.15, 0.2) is 12.1 Å². The molecule has 0 aliphatic carbocycles. The van der Waals surface area contributed by atoms with Crippen molar-refractivity contribution in [3.05, 3.63) is 28.3 Å². The first-order valence-electron chi connectivity index (χ1n) is 4.57. The molecule has 15 heavy (non-hydrogen) atoms. The molecule has 0 heterocycles. The number of ketones is 1. The lowest BCUT2D eigenvalue weighted by Crippen LogP contribution is -2.19. The van der Waals surface area contributed by atoms with E-state index in [0.717, 1.165) is 5.56 Å². The van der Waals surface area contributed by atoms with Crippen LogP contribution in [0.3, 0.4) is 0 Å². The maximum absolute atomic E-state index is 11.2. The van der Waals surface area contributed by atoms with Crippen molar-refractivity contribution in [1.29, 1.82) is 0 Å². The summed E-state index contributed by atoms with van der Waals surface area (Å²) in [4.78, 5) is 11.2. The minimum atomic E-state index is -0.683. The fourth-order valence-electron chi connectivity index (χ4n) is 1.48. The number of Topliss-reactive ketones (excluding diaryl/α,β-unsaturated/α-hetero) is 1. The molecule has 0 amide bonds. The van der Waals surface area contributed by atoms with Gasteiger partial charge in [-0.25, -0.2) is 0 Å². The molecule has 1 atom stereocenters. The average molecular weight is 228 g/mol. The zero-order chi connectivity index (χ0) is 11.6. The minimum Gasteiger partial charge on any atom is -0.496 e. The van der Waals surface area contributed by atoms with E-state index in [4.69, 9.17) is 22.1 Å². The lowest BCUT2D eigenvalue weighted by molar-refractivity contribution is -0.118. The normalized spacial score (nSPS) is 12.3. The van der Waals surface area contributed by atoms with Gasteiger partial charge in [0.25, 0.3) is 0 Å². The van der Waals surface area contributed by atoms with Crippen LogP contribution >= 0.6 is 11.6 Å². The summed E-state index contributed by atoms with van der Waals surface area (Å²) in [6.07, 6.45) is 0. The molecule has 0 aliphatic rings. The smallest absolute Gasteiger partial charge is 0.151 e. The Morgan fingerprint density at radius 2 is 2.13 bits per heavy atom. The number of hydrogen-bond acceptors (Lipinski definition) is 3. The molecule has 0 bridgehead atoms. The molecule has 1 unspecified atom stereocenters. The van der Waals surface area contributed by atoms with Gasteiger partial charge in [0.05, 0.1) is 13.2 Å². The molecular weight excluding hydrogens is 214 g/mol. The molecule has 0 aromatic heterocycles. The number of carbonyl (C=O) groups is 1. The molecular formula is C11H14ClNO2. The molecule has 1 aromatic rings. The lowest BCUT2D eigenvalue weighted by atomic mass is 10.0. The Morgan fingerprint density at radius 1 is 1.53 bits per heavy atom. The first-order chi connectivity index (χ1) is 6.97. The summed E-state index contributed by atoms with van der Waals surface area (Å²) >= 11 is 5.91. The Kier molecular flexibility index (Phi) is 3.72. The van der Waals surface area contributed by atoms with Crippen LogP contribution in [0.4, 0.5) is 0 Å². The standard InChI is InChI=1S/C11H14ClNO2/c1-6-4-8(12)5-9(11(6)15-3)10(13)7(2)14/h4-5,10H,13H2,1-3H3. The SMILES string of the molecule is COc1c(C)cc(Cl)cc1C(N)C(C)=O. The Morgan fingerprint density at radius 3 is 2.60 bits per heavy atom. The quantitative estimate of drug-likeness (QED) is 0.862. The van der Waals surface area contributed by atoms with Crippen LogP contribution in [0.1, 0.15) is 24.1 Å². The number of carbonyl (C=O) groups excluding carboxylic acids is 1. The molecule has 0 aliphatic heterocycles. The molecule has 0 saturated carbocycles. The van der Waals surface area contributed by atoms with E-state index in [9.17, 15) is 4.79 Å². The van der Waals surface area contributed by atoms with Gasteiger partial charge in [0.2, 0.25) is 0 Å². The lowest BCUT2D eigenvalue weighted by Gasteiger charge is -2.15. The van der Waals surface area contributed by atoms with E-state index >= 15 is 0 Å². The zero-order valence-electron chi connectivity index (χ0n) is 9.00. The van der Waals surface area contributed by atoms with Gasteiger partial charge in [-0.3, -0.25) is 4.79 Å². The number of nitrogens with two attached hydrogens (primary N) is 1. The zero-order valence-corrected chi connectivity index (χ0v) is 9.76. The predicted molar refractivity (Wildman–Crippen MR) is 60.4 cm³/mol. The van der Waals surface area contributed by atoms with E-state index in [0.29, 0.717) is 16.3 Å². The maximum Gasteiger partial charge on any atom is 0.151 e. The monoisotopic (exact) mass is 227 g/mol. The van der Waals surface area contributed by atoms with Gasteiger partial charge in [-0.05, 0) is 31.5 Å². The van der Waals surface area contributed by atoms with Gasteiger partial charge in [-0.15, -0.1) is 0 Å². The van der Waals surface area contributed by atoms with Gasteiger partial charge < -0.3 is 10.5 Å². The van der Waals surface area contributed by atoms with Crippen LogP contribution in [0.2, 0.25) is 5.02 Å². The highest BCUT2D eigenvalue weighted by atomic mass is 35.5. The van der Waals surface area contributed by atoms with E-state index in [1.807, 2.05) is 6.92 Å². The third kappa shape index (κ3) is 2.49. The molecule has 0 saturated heterocycles. The van der Waals surface area contributed by atoms with Crippen molar-refractivity contribution in [3.63, 3.8) is 0 Å². The van der Waals surface area contributed by atoms with Gasteiger partial charge in [0.15, 0.2) is 5.78 Å². The van der Waals surface area contributed by atoms with Crippen LogP contribution < -0.4 is 10.5 Å². The highest BCUT2D eigenvalue weighted by Crippen LogP contribution is 2.31. The Bertz CT molecular complexity index is 390. The summed E-state index contributed by atoms with van der Waals surface area (Å²) in [7, 11) is 1.55. The number of ether oxygens (including phenoxy) is 1. The van der Waals surface area contributed by atoms with Gasteiger partial charge in [-0.2, -0.15) is 0 Å². The number of benzene rings is 1. The molecule has 0 radical (unpaired) electrons. The summed E-state index contributed by atoms with van der Waals surface area (Å²) < 4.78 is 5.21. The first kappa shape index (κ1) is 12.0. The average Bonchev–Trinajstić information content (AvgIpc) is 2.15. The van der Waals surface area contributed by atoms with Crippen molar-refractivity contribution in [2.45, 2.75) is 19.9 Å². The van der Waals surface area contributed by atoms with Crippen molar-refractivity contribution in [3.8, 4) is 5.75 Å². The Labute approximate surface area is 94.2 Å². The van der Waals surface area contributed by atoms with E-state index in [-0.39, 0.29) is 5.78 Å². The molecule has 4 heteroatoms. The second-order valence-electron chi connectivity index (χ2n) is 3.43. The van der Waals surface area contributed by atoms with Crippen molar-refractivity contribution in [1.82, 2.24) is 0 Å². The summed E-state index contributed by atoms with van der Waals surface area (Å²) in [6.45, 7) is 3.31. The fourth-order valence-corrected chi connectivity index (χ4v) is 1.77. The number of hydrogen-bond donors (Lipinski definition) is 1. The minimum absolute atomic E-state index is 0.116. The van der Waals surface area contributed by atoms with Crippen LogP contribution in [-0.4, -0.2) is 12.9 Å². The molecule has 2 N–H and O–H groups in total. The maximum atomic E-state index is 11.2. The van der Waals surface area contributed by atoms with E-state index in [1.54, 1.807) is 19.2 Å². The number of aryl methyl sites for hydroxylation is 1. The van der Waals surface area contributed by atoms with Crippen LogP contribution in [0, 0.1) is 6.92 Å². The molecule has 1 aromatic carbocycles. The Balaban J connectivity index is 3.32. The van der Waals surface area contributed by atoms with E-state index in [1.165, 1.54) is 6.92 Å². The van der Waals surface area contributed by atoms with Gasteiger partial charge in [0, 0.05) is 10.6 Å². The predicted octanol–water partition coefficient (Wildman–Crippen LogP) is 2.25. The summed E-state index contributed by atoms with van der Waals surface area (Å²) in [5.74, 6) is 0.511. The second-order valence-corrected chi connectivity index (χ2v) is 3.87. The highest BCUT2D eigenvalue weighted by molar-refractivity contribution is 6.30. The number of halogens is 1. The fraction of sp³-hybridized carbons (Fsp3) is 0.364. The third-order valence-corrected chi connectivity index (χ3v) is 2.46. The van der Waals surface area contributed by atoms with Gasteiger partial charge >= 0.3 is 0 Å². The molecule has 3 nitrogen and oxygen atoms in total. The third-order valence-electron chi connectivity index (χ3n) is 2.25. The van der Waals surface area contributed by atoms with Crippen LogP contribution in [0.25, 0.3) is 0 Å². The molecule has 1 rings (SSSR count). The second kappa shape index (κ2) is 4.64. The first-order valence-corrected chi connectivity index (χ1v) is 4.95. The number of methoxy groups -OCH3 is 1. The molecule has 0 fully saturated rings. The number of rotatable bonds is 3. The van der Waals surface area contributed by atoms with E-state index < -0.39 is 6.04 Å². The van der Waals surface area contributed by atoms with Crippen molar-refractivity contribution >= 4 is 17.4 Å².